The number of benzene rings is 2. The van der Waals surface area contributed by atoms with E-state index in [2.05, 4.69) is 24.2 Å². The molecule has 0 saturated carbocycles. The van der Waals surface area contributed by atoms with Gasteiger partial charge in [-0.05, 0) is 55.5 Å². The average molecular weight is 443 g/mol. The summed E-state index contributed by atoms with van der Waals surface area (Å²) in [6.07, 6.45) is 1.83. The van der Waals surface area contributed by atoms with Gasteiger partial charge < -0.3 is 9.64 Å². The minimum absolute atomic E-state index is 0.106. The predicted octanol–water partition coefficient (Wildman–Crippen LogP) is 4.80. The van der Waals surface area contributed by atoms with Gasteiger partial charge in [-0.25, -0.2) is 9.67 Å². The molecule has 2 aromatic heterocycles. The second-order valence-corrected chi connectivity index (χ2v) is 8.25. The monoisotopic (exact) mass is 442 g/mol. The van der Waals surface area contributed by atoms with E-state index >= 15 is 0 Å². The molecule has 0 aliphatic heterocycles. The summed E-state index contributed by atoms with van der Waals surface area (Å²) in [6, 6.07) is 20.2. The highest BCUT2D eigenvalue weighted by Crippen LogP contribution is 2.30. The van der Waals surface area contributed by atoms with E-state index < -0.39 is 0 Å². The zero-order valence-corrected chi connectivity index (χ0v) is 19.7. The second-order valence-electron chi connectivity index (χ2n) is 8.25. The van der Waals surface area contributed by atoms with Crippen LogP contribution >= 0.6 is 0 Å². The number of hydrogen-bond acceptors (Lipinski definition) is 4. The molecule has 2 heterocycles. The first-order valence-corrected chi connectivity index (χ1v) is 11.3. The first kappa shape index (κ1) is 22.5. The normalized spacial score (nSPS) is 11.0. The van der Waals surface area contributed by atoms with Crippen LogP contribution < -0.4 is 9.64 Å². The minimum Gasteiger partial charge on any atom is -0.479 e. The molecule has 4 aromatic rings. The Bertz CT molecular complexity index is 1250. The van der Waals surface area contributed by atoms with Crippen molar-refractivity contribution in [1.29, 1.82) is 0 Å². The molecule has 1 amide bonds. The van der Waals surface area contributed by atoms with Crippen LogP contribution in [-0.2, 0) is 24.7 Å². The van der Waals surface area contributed by atoms with Gasteiger partial charge in [-0.3, -0.25) is 4.79 Å². The van der Waals surface area contributed by atoms with Gasteiger partial charge in [0.1, 0.15) is 0 Å². The van der Waals surface area contributed by atoms with Crippen LogP contribution in [0.5, 0.6) is 5.88 Å². The Balaban J connectivity index is 1.56. The number of nitrogens with zero attached hydrogens (tertiary/aromatic N) is 4. The molecule has 0 bridgehead atoms. The number of carbonyl (C=O) groups excluding carboxylic acids is 1. The fraction of sp³-hybridized carbons (Fsp3) is 0.296. The highest BCUT2D eigenvalue weighted by atomic mass is 16.5. The Morgan fingerprint density at radius 2 is 1.67 bits per heavy atom. The van der Waals surface area contributed by atoms with Crippen LogP contribution in [0.15, 0.2) is 60.7 Å². The van der Waals surface area contributed by atoms with Crippen molar-refractivity contribution < 1.29 is 9.53 Å². The fourth-order valence-electron chi connectivity index (χ4n) is 4.37. The predicted molar refractivity (Wildman–Crippen MR) is 132 cm³/mol. The second kappa shape index (κ2) is 9.86. The number of pyridine rings is 1. The quantitative estimate of drug-likeness (QED) is 0.393. The molecule has 0 atom stereocenters. The Morgan fingerprint density at radius 1 is 1.00 bits per heavy atom. The van der Waals surface area contributed by atoms with Crippen LogP contribution in [0.25, 0.3) is 11.0 Å². The van der Waals surface area contributed by atoms with Gasteiger partial charge in [0.25, 0.3) is 0 Å². The summed E-state index contributed by atoms with van der Waals surface area (Å²) >= 11 is 0. The fourth-order valence-corrected chi connectivity index (χ4v) is 4.37. The van der Waals surface area contributed by atoms with Gasteiger partial charge in [-0.15, -0.1) is 5.10 Å². The van der Waals surface area contributed by atoms with Gasteiger partial charge in [0.05, 0.1) is 12.5 Å². The Labute approximate surface area is 194 Å². The van der Waals surface area contributed by atoms with Gasteiger partial charge >= 0.3 is 0 Å². The van der Waals surface area contributed by atoms with Gasteiger partial charge in [-0.2, -0.15) is 0 Å². The van der Waals surface area contributed by atoms with Crippen molar-refractivity contribution in [1.82, 2.24) is 14.8 Å². The summed E-state index contributed by atoms with van der Waals surface area (Å²) in [5.41, 5.74) is 6.02. The first-order valence-electron chi connectivity index (χ1n) is 11.3. The molecule has 0 radical (unpaired) electrons. The summed E-state index contributed by atoms with van der Waals surface area (Å²) < 4.78 is 7.21. The van der Waals surface area contributed by atoms with Gasteiger partial charge in [0, 0.05) is 31.4 Å². The van der Waals surface area contributed by atoms with Crippen LogP contribution in [0, 0.1) is 13.8 Å². The van der Waals surface area contributed by atoms with Gasteiger partial charge in [0.15, 0.2) is 5.65 Å². The molecule has 0 fully saturated rings. The van der Waals surface area contributed by atoms with Crippen molar-refractivity contribution >= 4 is 22.6 Å². The maximum atomic E-state index is 13.4. The number of ether oxygens (including phenoxy) is 1. The summed E-state index contributed by atoms with van der Waals surface area (Å²) in [7, 11) is 3.49. The van der Waals surface area contributed by atoms with E-state index in [-0.39, 0.29) is 5.91 Å². The van der Waals surface area contributed by atoms with Crippen LogP contribution in [0.4, 0.5) is 5.69 Å². The number of para-hydroxylation sites is 1. The summed E-state index contributed by atoms with van der Waals surface area (Å²) in [5.74, 6) is 0.674. The molecule has 0 aliphatic carbocycles. The number of methoxy groups -OCH3 is 1. The number of anilines is 1. The first-order chi connectivity index (χ1) is 16.0. The standard InChI is InChI=1S/C27H30N4O2/c1-19-23(20(2)28-26-25(19)27(33-4)29-30(26)3)15-16-24(32)31(22-13-9-6-10-14-22)18-17-21-11-7-5-8-12-21/h5-14H,15-18H2,1-4H3. The van der Waals surface area contributed by atoms with Crippen molar-refractivity contribution in [2.24, 2.45) is 7.05 Å². The highest BCUT2D eigenvalue weighted by Gasteiger charge is 2.20. The van der Waals surface area contributed by atoms with Crippen molar-refractivity contribution in [3.05, 3.63) is 83.0 Å². The molecule has 0 unspecified atom stereocenters. The lowest BCUT2D eigenvalue weighted by molar-refractivity contribution is -0.118. The molecule has 0 N–H and O–H groups in total. The third kappa shape index (κ3) is 4.75. The molecule has 0 aliphatic rings. The average Bonchev–Trinajstić information content (AvgIpc) is 3.16. The highest BCUT2D eigenvalue weighted by molar-refractivity contribution is 5.93. The summed E-state index contributed by atoms with van der Waals surface area (Å²) in [4.78, 5) is 20.1. The van der Waals surface area contributed by atoms with Gasteiger partial charge in [-0.1, -0.05) is 48.5 Å². The maximum absolute atomic E-state index is 13.4. The van der Waals surface area contributed by atoms with E-state index in [1.807, 2.05) is 67.4 Å². The molecule has 2 aromatic carbocycles. The van der Waals surface area contributed by atoms with E-state index in [1.54, 1.807) is 11.8 Å². The summed E-state index contributed by atoms with van der Waals surface area (Å²) in [5, 5.41) is 5.34. The third-order valence-corrected chi connectivity index (χ3v) is 6.14. The number of hydrogen-bond donors (Lipinski definition) is 0. The van der Waals surface area contributed by atoms with Crippen LogP contribution in [0.3, 0.4) is 0 Å². The molecular formula is C27H30N4O2. The van der Waals surface area contributed by atoms with E-state index in [0.717, 1.165) is 40.0 Å². The third-order valence-electron chi connectivity index (χ3n) is 6.14. The Morgan fingerprint density at radius 3 is 2.33 bits per heavy atom. The number of amides is 1. The smallest absolute Gasteiger partial charge is 0.242 e. The lowest BCUT2D eigenvalue weighted by atomic mass is 9.99. The molecule has 0 saturated heterocycles. The molecule has 0 spiro atoms. The lowest BCUT2D eigenvalue weighted by Crippen LogP contribution is -2.33. The number of rotatable bonds is 8. The number of aryl methyl sites for hydroxylation is 3. The van der Waals surface area contributed by atoms with Crippen molar-refractivity contribution in [2.75, 3.05) is 18.6 Å². The van der Waals surface area contributed by atoms with E-state index in [9.17, 15) is 4.79 Å². The van der Waals surface area contributed by atoms with Crippen molar-refractivity contribution in [2.45, 2.75) is 33.1 Å². The molecule has 4 rings (SSSR count). The van der Waals surface area contributed by atoms with Crippen molar-refractivity contribution in [3.63, 3.8) is 0 Å². The van der Waals surface area contributed by atoms with E-state index in [1.165, 1.54) is 5.56 Å². The Kier molecular flexibility index (Phi) is 6.73. The number of aromatic nitrogens is 3. The molecule has 6 heteroatoms. The van der Waals surface area contributed by atoms with Crippen molar-refractivity contribution in [3.8, 4) is 5.88 Å². The molecule has 170 valence electrons. The number of fused-ring (bicyclic) bond motifs is 1. The lowest BCUT2D eigenvalue weighted by Gasteiger charge is -2.23. The van der Waals surface area contributed by atoms with Gasteiger partial charge in [0.2, 0.25) is 11.8 Å². The Hall–Kier alpha value is -3.67. The van der Waals surface area contributed by atoms with Crippen LogP contribution in [0.1, 0.15) is 28.8 Å². The topological polar surface area (TPSA) is 60.2 Å². The SMILES string of the molecule is COc1nn(C)c2nc(C)c(CCC(=O)N(CCc3ccccc3)c3ccccc3)c(C)c12. The minimum atomic E-state index is 0.106. The maximum Gasteiger partial charge on any atom is 0.242 e. The van der Waals surface area contributed by atoms with Crippen LogP contribution in [0.2, 0.25) is 0 Å². The zero-order chi connectivity index (χ0) is 23.4. The molecule has 33 heavy (non-hydrogen) atoms. The van der Waals surface area contributed by atoms with Crippen LogP contribution in [-0.4, -0.2) is 34.3 Å². The zero-order valence-electron chi connectivity index (χ0n) is 19.7. The van der Waals surface area contributed by atoms with E-state index in [4.69, 9.17) is 9.72 Å². The molecule has 6 nitrogen and oxygen atoms in total. The number of carbonyl (C=O) groups is 1. The largest absolute Gasteiger partial charge is 0.479 e. The summed E-state index contributed by atoms with van der Waals surface area (Å²) in [6.45, 7) is 4.69. The molecular weight excluding hydrogens is 412 g/mol. The van der Waals surface area contributed by atoms with E-state index in [0.29, 0.717) is 25.3 Å².